The normalized spacial score (nSPS) is 13.3. The van der Waals surface area contributed by atoms with E-state index in [2.05, 4.69) is 0 Å². The van der Waals surface area contributed by atoms with Crippen molar-refractivity contribution in [2.75, 3.05) is 0 Å². The van der Waals surface area contributed by atoms with Gasteiger partial charge in [0, 0.05) is 11.4 Å². The summed E-state index contributed by atoms with van der Waals surface area (Å²) in [6, 6.07) is 7.41. The van der Waals surface area contributed by atoms with Gasteiger partial charge in [0.2, 0.25) is 0 Å². The van der Waals surface area contributed by atoms with Crippen LogP contribution in [0.5, 0.6) is 0 Å². The second-order valence-corrected chi connectivity index (χ2v) is 5.61. The van der Waals surface area contributed by atoms with Gasteiger partial charge in [0.15, 0.2) is 0 Å². The van der Waals surface area contributed by atoms with Crippen molar-refractivity contribution in [3.8, 4) is 0 Å². The van der Waals surface area contributed by atoms with Gasteiger partial charge in [-0.05, 0) is 25.0 Å². The molecule has 0 amide bonds. The Balaban J connectivity index is 3.50. The van der Waals surface area contributed by atoms with Crippen molar-refractivity contribution in [2.45, 2.75) is 25.7 Å². The fourth-order valence-electron chi connectivity index (χ4n) is 2.24. The molecule has 0 aliphatic carbocycles. The van der Waals surface area contributed by atoms with E-state index < -0.39 is 11.8 Å². The van der Waals surface area contributed by atoms with E-state index in [1.165, 1.54) is 0 Å². The quantitative estimate of drug-likeness (QED) is 0.479. The van der Waals surface area contributed by atoms with E-state index in [0.717, 1.165) is 11.1 Å². The zero-order valence-electron chi connectivity index (χ0n) is 11.4. The van der Waals surface area contributed by atoms with E-state index in [1.54, 1.807) is 13.8 Å². The smallest absolute Gasteiger partial charge is 0.0860 e. The van der Waals surface area contributed by atoms with Crippen molar-refractivity contribution in [3.05, 3.63) is 35.4 Å². The minimum atomic E-state index is -0.461. The first kappa shape index (κ1) is 16.4. The molecule has 0 bridgehead atoms. The van der Waals surface area contributed by atoms with Gasteiger partial charge in [0.25, 0.3) is 0 Å². The zero-order valence-corrected chi connectivity index (χ0v) is 13.1. The molecule has 0 radical (unpaired) electrons. The zero-order chi connectivity index (χ0) is 15.4. The first-order chi connectivity index (χ1) is 9.27. The third kappa shape index (κ3) is 3.46. The average molecular weight is 306 g/mol. The number of benzene rings is 1. The molecule has 0 saturated carbocycles. The number of hydrogen-bond acceptors (Lipinski definition) is 4. The van der Waals surface area contributed by atoms with Crippen molar-refractivity contribution < 1.29 is 0 Å². The van der Waals surface area contributed by atoms with E-state index in [-0.39, 0.29) is 9.98 Å². The van der Waals surface area contributed by atoms with Crippen LogP contribution in [0.4, 0.5) is 0 Å². The number of hydrogen-bond donors (Lipinski definition) is 4. The summed E-state index contributed by atoms with van der Waals surface area (Å²) in [5.41, 5.74) is 13.8. The molecule has 106 valence electrons. The van der Waals surface area contributed by atoms with E-state index in [9.17, 15) is 0 Å². The molecule has 6 heteroatoms. The second-order valence-electron chi connectivity index (χ2n) is 4.67. The van der Waals surface area contributed by atoms with Gasteiger partial charge in [-0.3, -0.25) is 0 Å². The first-order valence-corrected chi connectivity index (χ1v) is 6.86. The van der Waals surface area contributed by atoms with Crippen LogP contribution in [0.25, 0.3) is 0 Å². The molecule has 0 fully saturated rings. The lowest BCUT2D eigenvalue weighted by Gasteiger charge is -2.23. The summed E-state index contributed by atoms with van der Waals surface area (Å²) in [6.45, 7) is 3.32. The minimum absolute atomic E-state index is 0.231. The number of rotatable bonds is 6. The Morgan fingerprint density at radius 3 is 1.40 bits per heavy atom. The fourth-order valence-corrected chi connectivity index (χ4v) is 2.84. The lowest BCUT2D eigenvalue weighted by atomic mass is 9.83. The molecule has 0 spiro atoms. The Hall–Kier alpha value is -1.66. The summed E-state index contributed by atoms with van der Waals surface area (Å²) in [7, 11) is 0. The predicted octanol–water partition coefficient (Wildman–Crippen LogP) is 2.51. The number of nitrogens with one attached hydrogen (secondary N) is 2. The van der Waals surface area contributed by atoms with Crippen LogP contribution >= 0.6 is 24.4 Å². The lowest BCUT2D eigenvalue weighted by Crippen LogP contribution is -2.30. The van der Waals surface area contributed by atoms with Gasteiger partial charge < -0.3 is 22.3 Å². The van der Waals surface area contributed by atoms with Gasteiger partial charge in [0.1, 0.15) is 0 Å². The molecule has 1 rings (SSSR count). The highest BCUT2D eigenvalue weighted by molar-refractivity contribution is 7.80. The van der Waals surface area contributed by atoms with Gasteiger partial charge in [-0.2, -0.15) is 0 Å². The van der Waals surface area contributed by atoms with E-state index in [4.69, 9.17) is 46.7 Å². The van der Waals surface area contributed by atoms with Crippen LogP contribution < -0.4 is 11.5 Å². The van der Waals surface area contributed by atoms with Crippen molar-refractivity contribution in [1.82, 2.24) is 0 Å². The van der Waals surface area contributed by atoms with Crippen LogP contribution in [0, 0.1) is 10.8 Å². The maximum atomic E-state index is 7.89. The SMILES string of the molecule is CC(=N)C(C(N)=S)c1ccccc1C(C(C)=N)C(N)=S. The topological polar surface area (TPSA) is 99.7 Å². The van der Waals surface area contributed by atoms with Crippen LogP contribution in [0.2, 0.25) is 0 Å². The van der Waals surface area contributed by atoms with Crippen LogP contribution in [0.15, 0.2) is 24.3 Å². The standard InChI is InChI=1S/C14H18N4S2/c1-7(15)11(13(17)19)9-5-3-4-6-10(9)12(8(2)16)14(18)20/h3-6,11-12,15-16H,1-2H3,(H2,17,19)(H2,18,20). The summed E-state index contributed by atoms with van der Waals surface area (Å²) < 4.78 is 0. The molecule has 6 N–H and O–H groups in total. The van der Waals surface area contributed by atoms with Gasteiger partial charge in [-0.1, -0.05) is 48.7 Å². The molecule has 4 nitrogen and oxygen atoms in total. The third-order valence-electron chi connectivity index (χ3n) is 3.05. The largest absolute Gasteiger partial charge is 0.392 e. The summed E-state index contributed by atoms with van der Waals surface area (Å²) in [5, 5.41) is 15.8. The predicted molar refractivity (Wildman–Crippen MR) is 92.3 cm³/mol. The molecule has 0 aliphatic heterocycles. The van der Waals surface area contributed by atoms with Crippen LogP contribution in [0.3, 0.4) is 0 Å². The molecular formula is C14H18N4S2. The van der Waals surface area contributed by atoms with Gasteiger partial charge in [0.05, 0.1) is 21.8 Å². The Kier molecular flexibility index (Phi) is 5.47. The summed E-state index contributed by atoms with van der Waals surface area (Å²) in [5.74, 6) is -0.921. The Morgan fingerprint density at radius 2 is 1.20 bits per heavy atom. The molecule has 20 heavy (non-hydrogen) atoms. The van der Waals surface area contributed by atoms with Gasteiger partial charge in [-0.25, -0.2) is 0 Å². The van der Waals surface area contributed by atoms with E-state index in [1.807, 2.05) is 24.3 Å². The highest BCUT2D eigenvalue weighted by Gasteiger charge is 2.26. The lowest BCUT2D eigenvalue weighted by molar-refractivity contribution is 1.07. The Bertz CT molecular complexity index is 501. The third-order valence-corrected chi connectivity index (χ3v) is 3.52. The number of nitrogens with two attached hydrogens (primary N) is 2. The molecule has 1 aromatic rings. The average Bonchev–Trinajstić information content (AvgIpc) is 2.29. The first-order valence-electron chi connectivity index (χ1n) is 6.04. The van der Waals surface area contributed by atoms with Gasteiger partial charge >= 0.3 is 0 Å². The van der Waals surface area contributed by atoms with Gasteiger partial charge in [-0.15, -0.1) is 0 Å². The molecule has 2 unspecified atom stereocenters. The van der Waals surface area contributed by atoms with Crippen LogP contribution in [0.1, 0.15) is 36.8 Å². The molecule has 1 aromatic carbocycles. The molecule has 2 atom stereocenters. The highest BCUT2D eigenvalue weighted by atomic mass is 32.1. The molecule has 0 saturated heterocycles. The van der Waals surface area contributed by atoms with Crippen molar-refractivity contribution >= 4 is 45.8 Å². The van der Waals surface area contributed by atoms with Crippen LogP contribution in [-0.2, 0) is 0 Å². The second kappa shape index (κ2) is 6.67. The minimum Gasteiger partial charge on any atom is -0.392 e. The van der Waals surface area contributed by atoms with Crippen molar-refractivity contribution in [1.29, 1.82) is 10.8 Å². The molecule has 0 aliphatic rings. The van der Waals surface area contributed by atoms with Crippen molar-refractivity contribution in [3.63, 3.8) is 0 Å². The molecular weight excluding hydrogens is 288 g/mol. The summed E-state index contributed by atoms with van der Waals surface area (Å²) >= 11 is 10.1. The summed E-state index contributed by atoms with van der Waals surface area (Å²) in [6.07, 6.45) is 0. The van der Waals surface area contributed by atoms with Crippen LogP contribution in [-0.4, -0.2) is 21.4 Å². The fraction of sp³-hybridized carbons (Fsp3) is 0.286. The Morgan fingerprint density at radius 1 is 0.900 bits per heavy atom. The Labute approximate surface area is 129 Å². The monoisotopic (exact) mass is 306 g/mol. The maximum Gasteiger partial charge on any atom is 0.0860 e. The van der Waals surface area contributed by atoms with E-state index >= 15 is 0 Å². The maximum absolute atomic E-state index is 7.89. The van der Waals surface area contributed by atoms with Crippen molar-refractivity contribution in [2.24, 2.45) is 11.5 Å². The summed E-state index contributed by atoms with van der Waals surface area (Å²) in [4.78, 5) is 0.462. The number of thiocarbonyl (C=S) groups is 2. The van der Waals surface area contributed by atoms with E-state index in [0.29, 0.717) is 11.4 Å². The highest BCUT2D eigenvalue weighted by Crippen LogP contribution is 2.29. The molecule has 0 aromatic heterocycles. The molecule has 0 heterocycles.